The van der Waals surface area contributed by atoms with Gasteiger partial charge in [0, 0.05) is 24.3 Å². The Bertz CT molecular complexity index is 937. The zero-order chi connectivity index (χ0) is 20.9. The van der Waals surface area contributed by atoms with Crippen LogP contribution in [0.1, 0.15) is 31.1 Å². The summed E-state index contributed by atoms with van der Waals surface area (Å²) in [6.07, 6.45) is 0. The Kier molecular flexibility index (Phi) is 6.90. The van der Waals surface area contributed by atoms with Crippen molar-refractivity contribution in [3.05, 3.63) is 59.9 Å². The number of nitrogens with one attached hydrogen (secondary N) is 1. The summed E-state index contributed by atoms with van der Waals surface area (Å²) in [5, 5.41) is 1.17. The van der Waals surface area contributed by atoms with Crippen molar-refractivity contribution in [1.82, 2.24) is 4.90 Å². The summed E-state index contributed by atoms with van der Waals surface area (Å²) in [4.78, 5) is 26.2. The SMILES string of the molecule is CCN(CC)C(=O)c1ccc(NC(=O)C(C)S(=O)(=O)c2ccc(F)cc2)cc1. The summed E-state index contributed by atoms with van der Waals surface area (Å²) in [6, 6.07) is 10.6. The molecule has 2 amide bonds. The molecule has 150 valence electrons. The fourth-order valence-electron chi connectivity index (χ4n) is 2.60. The molecule has 2 aromatic carbocycles. The van der Waals surface area contributed by atoms with Crippen LogP contribution in [0.3, 0.4) is 0 Å². The van der Waals surface area contributed by atoms with Crippen molar-refractivity contribution in [2.24, 2.45) is 0 Å². The van der Waals surface area contributed by atoms with Gasteiger partial charge in [-0.1, -0.05) is 0 Å². The highest BCUT2D eigenvalue weighted by Crippen LogP contribution is 2.19. The number of halogens is 1. The van der Waals surface area contributed by atoms with Crippen molar-refractivity contribution in [3.63, 3.8) is 0 Å². The van der Waals surface area contributed by atoms with Crippen LogP contribution >= 0.6 is 0 Å². The third-order valence-corrected chi connectivity index (χ3v) is 6.50. The second-order valence-electron chi connectivity index (χ2n) is 6.19. The Morgan fingerprint density at radius 2 is 1.54 bits per heavy atom. The van der Waals surface area contributed by atoms with Crippen LogP contribution in [0.2, 0.25) is 0 Å². The molecule has 0 radical (unpaired) electrons. The van der Waals surface area contributed by atoms with Gasteiger partial charge >= 0.3 is 0 Å². The highest BCUT2D eigenvalue weighted by molar-refractivity contribution is 7.92. The summed E-state index contributed by atoms with van der Waals surface area (Å²) >= 11 is 0. The van der Waals surface area contributed by atoms with Crippen molar-refractivity contribution < 1.29 is 22.4 Å². The predicted molar refractivity (Wildman–Crippen MR) is 105 cm³/mol. The molecule has 0 spiro atoms. The number of carbonyl (C=O) groups is 2. The first-order valence-electron chi connectivity index (χ1n) is 8.90. The summed E-state index contributed by atoms with van der Waals surface area (Å²) in [6.45, 7) is 6.23. The first-order valence-corrected chi connectivity index (χ1v) is 10.4. The van der Waals surface area contributed by atoms with Gasteiger partial charge in [0.25, 0.3) is 5.91 Å². The Morgan fingerprint density at radius 1 is 1.00 bits per heavy atom. The van der Waals surface area contributed by atoms with Crippen molar-refractivity contribution in [1.29, 1.82) is 0 Å². The maximum atomic E-state index is 13.0. The minimum absolute atomic E-state index is 0.116. The molecule has 6 nitrogen and oxygen atoms in total. The Morgan fingerprint density at radius 3 is 2.04 bits per heavy atom. The minimum Gasteiger partial charge on any atom is -0.339 e. The van der Waals surface area contributed by atoms with E-state index >= 15 is 0 Å². The monoisotopic (exact) mass is 406 g/mol. The lowest BCUT2D eigenvalue weighted by Gasteiger charge is -2.19. The topological polar surface area (TPSA) is 83.6 Å². The van der Waals surface area contributed by atoms with Gasteiger partial charge in [0.05, 0.1) is 4.90 Å². The van der Waals surface area contributed by atoms with Crippen molar-refractivity contribution in [2.75, 3.05) is 18.4 Å². The van der Waals surface area contributed by atoms with E-state index in [1.165, 1.54) is 6.92 Å². The average Bonchev–Trinajstić information content (AvgIpc) is 2.69. The van der Waals surface area contributed by atoms with Gasteiger partial charge in [-0.05, 0) is 69.3 Å². The van der Waals surface area contributed by atoms with Gasteiger partial charge in [0.1, 0.15) is 11.1 Å². The molecule has 1 unspecified atom stereocenters. The Labute approximate surface area is 164 Å². The van der Waals surface area contributed by atoms with E-state index in [9.17, 15) is 22.4 Å². The molecule has 0 fully saturated rings. The lowest BCUT2D eigenvalue weighted by molar-refractivity contribution is -0.115. The summed E-state index contributed by atoms with van der Waals surface area (Å²) in [5.41, 5.74) is 0.857. The number of hydrogen-bond acceptors (Lipinski definition) is 4. The van der Waals surface area contributed by atoms with Crippen LogP contribution in [0.25, 0.3) is 0 Å². The van der Waals surface area contributed by atoms with Crippen LogP contribution in [-0.4, -0.2) is 43.5 Å². The Balaban J connectivity index is 2.11. The lowest BCUT2D eigenvalue weighted by atomic mass is 10.1. The molecular weight excluding hydrogens is 383 g/mol. The third kappa shape index (κ3) is 4.75. The smallest absolute Gasteiger partial charge is 0.253 e. The largest absolute Gasteiger partial charge is 0.339 e. The van der Waals surface area contributed by atoms with Gasteiger partial charge in [-0.15, -0.1) is 0 Å². The lowest BCUT2D eigenvalue weighted by Crippen LogP contribution is -2.32. The average molecular weight is 406 g/mol. The van der Waals surface area contributed by atoms with E-state index in [0.717, 1.165) is 24.3 Å². The minimum atomic E-state index is -3.95. The molecule has 0 aliphatic rings. The number of rotatable bonds is 7. The van der Waals surface area contributed by atoms with Crippen molar-refractivity contribution in [2.45, 2.75) is 30.9 Å². The van der Waals surface area contributed by atoms with Gasteiger partial charge in [-0.2, -0.15) is 0 Å². The quantitative estimate of drug-likeness (QED) is 0.716. The van der Waals surface area contributed by atoms with E-state index < -0.39 is 26.8 Å². The first kappa shape index (κ1) is 21.6. The molecule has 8 heteroatoms. The van der Waals surface area contributed by atoms with Crippen LogP contribution in [0.4, 0.5) is 10.1 Å². The number of sulfone groups is 1. The molecule has 2 rings (SSSR count). The highest BCUT2D eigenvalue weighted by Gasteiger charge is 2.29. The zero-order valence-electron chi connectivity index (χ0n) is 16.0. The normalized spacial score (nSPS) is 12.3. The first-order chi connectivity index (χ1) is 13.2. The van der Waals surface area contributed by atoms with Gasteiger partial charge in [0.15, 0.2) is 9.84 Å². The molecule has 0 aliphatic carbocycles. The van der Waals surface area contributed by atoms with Crippen molar-refractivity contribution in [3.8, 4) is 0 Å². The van der Waals surface area contributed by atoms with E-state index in [4.69, 9.17) is 0 Å². The number of nitrogens with zero attached hydrogens (tertiary/aromatic N) is 1. The summed E-state index contributed by atoms with van der Waals surface area (Å²) < 4.78 is 38.1. The number of anilines is 1. The summed E-state index contributed by atoms with van der Waals surface area (Å²) in [5.74, 6) is -1.39. The molecule has 0 aromatic heterocycles. The molecule has 0 bridgehead atoms. The van der Waals surface area contributed by atoms with E-state index in [-0.39, 0.29) is 10.8 Å². The third-order valence-electron chi connectivity index (χ3n) is 4.43. The number of carbonyl (C=O) groups excluding carboxylic acids is 2. The molecule has 0 heterocycles. The van der Waals surface area contributed by atoms with Crippen LogP contribution in [0, 0.1) is 5.82 Å². The van der Waals surface area contributed by atoms with Gasteiger partial charge in [-0.3, -0.25) is 9.59 Å². The van der Waals surface area contributed by atoms with Crippen LogP contribution in [0.5, 0.6) is 0 Å². The van der Waals surface area contributed by atoms with Crippen LogP contribution < -0.4 is 5.32 Å². The number of amides is 2. The molecule has 1 atom stereocenters. The zero-order valence-corrected chi connectivity index (χ0v) is 16.8. The molecule has 0 saturated heterocycles. The van der Waals surface area contributed by atoms with Gasteiger partial charge in [0.2, 0.25) is 5.91 Å². The summed E-state index contributed by atoms with van der Waals surface area (Å²) in [7, 11) is -3.95. The highest BCUT2D eigenvalue weighted by atomic mass is 32.2. The maximum absolute atomic E-state index is 13.0. The second-order valence-corrected chi connectivity index (χ2v) is 8.45. The fourth-order valence-corrected chi connectivity index (χ4v) is 3.87. The Hall–Kier alpha value is -2.74. The van der Waals surface area contributed by atoms with E-state index in [1.807, 2.05) is 13.8 Å². The van der Waals surface area contributed by atoms with Crippen LogP contribution in [0.15, 0.2) is 53.4 Å². The van der Waals surface area contributed by atoms with Crippen molar-refractivity contribution >= 4 is 27.3 Å². The number of hydrogen-bond donors (Lipinski definition) is 1. The maximum Gasteiger partial charge on any atom is 0.253 e. The van der Waals surface area contributed by atoms with Gasteiger partial charge in [-0.25, -0.2) is 12.8 Å². The molecule has 1 N–H and O–H groups in total. The molecule has 0 aliphatic heterocycles. The number of benzene rings is 2. The molecular formula is C20H23FN2O4S. The fraction of sp³-hybridized carbons (Fsp3) is 0.300. The van der Waals surface area contributed by atoms with Gasteiger partial charge < -0.3 is 10.2 Å². The predicted octanol–water partition coefficient (Wildman–Crippen LogP) is 3.11. The molecule has 0 saturated carbocycles. The molecule has 2 aromatic rings. The molecule has 28 heavy (non-hydrogen) atoms. The van der Waals surface area contributed by atoms with E-state index in [2.05, 4.69) is 5.32 Å². The standard InChI is InChI=1S/C20H23FN2O4S/c1-4-23(5-2)20(25)15-6-10-17(11-7-15)22-19(24)14(3)28(26,27)18-12-8-16(21)9-13-18/h6-14H,4-5H2,1-3H3,(H,22,24). The van der Waals surface area contributed by atoms with Crippen LogP contribution in [-0.2, 0) is 14.6 Å². The second kappa shape index (κ2) is 8.97. The van der Waals surface area contributed by atoms with E-state index in [0.29, 0.717) is 24.3 Å². The van der Waals surface area contributed by atoms with E-state index in [1.54, 1.807) is 29.2 Å².